The SMILES string of the molecule is FC(F)(OCC1CCO1)C(F)(F)C(F)(F)C(F)(F)C(F)(F)OCC1CCO1. The van der Waals surface area contributed by atoms with Gasteiger partial charge in [0.1, 0.15) is 0 Å². The molecule has 0 aliphatic carbocycles. The zero-order valence-corrected chi connectivity index (χ0v) is 13.3. The molecule has 2 aliphatic rings. The van der Waals surface area contributed by atoms with Gasteiger partial charge in [0.2, 0.25) is 0 Å². The number of halogens is 10. The van der Waals surface area contributed by atoms with E-state index in [2.05, 4.69) is 18.9 Å². The zero-order chi connectivity index (χ0) is 20.7. The van der Waals surface area contributed by atoms with Gasteiger partial charge in [0.05, 0.1) is 25.4 Å². The molecular formula is C13H14F10O4. The lowest BCUT2D eigenvalue weighted by Gasteiger charge is -2.39. The molecule has 0 spiro atoms. The van der Waals surface area contributed by atoms with Crippen LogP contribution in [0.15, 0.2) is 0 Å². The minimum absolute atomic E-state index is 0.0679. The van der Waals surface area contributed by atoms with E-state index < -0.39 is 55.4 Å². The van der Waals surface area contributed by atoms with Gasteiger partial charge in [-0.3, -0.25) is 0 Å². The van der Waals surface area contributed by atoms with E-state index >= 15 is 0 Å². The van der Waals surface area contributed by atoms with Crippen LogP contribution >= 0.6 is 0 Å². The Morgan fingerprint density at radius 1 is 0.593 bits per heavy atom. The molecule has 2 rings (SSSR count). The largest absolute Gasteiger partial charge is 0.426 e. The Bertz CT molecular complexity index is 475. The molecule has 14 heteroatoms. The maximum atomic E-state index is 13.5. The molecule has 0 aromatic rings. The third-order valence-corrected chi connectivity index (χ3v) is 4.01. The minimum atomic E-state index is -7.23. The summed E-state index contributed by atoms with van der Waals surface area (Å²) in [5.41, 5.74) is 0. The van der Waals surface area contributed by atoms with E-state index in [-0.39, 0.29) is 26.1 Å². The molecule has 2 atom stereocenters. The Labute approximate surface area is 145 Å². The number of alkyl halides is 10. The van der Waals surface area contributed by atoms with Crippen molar-refractivity contribution >= 4 is 0 Å². The van der Waals surface area contributed by atoms with Crippen molar-refractivity contribution < 1.29 is 62.9 Å². The maximum absolute atomic E-state index is 13.5. The normalized spacial score (nSPS) is 25.1. The maximum Gasteiger partial charge on any atom is 0.426 e. The van der Waals surface area contributed by atoms with Crippen LogP contribution in [-0.2, 0) is 18.9 Å². The standard InChI is InChI=1S/C13H14F10O4/c14-9(15,10(16,17)12(20,21)26-5-7-1-3-24-7)11(18,19)13(22,23)27-6-8-2-4-25-8/h7-8H,1-6H2. The van der Waals surface area contributed by atoms with Crippen LogP contribution in [0.4, 0.5) is 43.9 Å². The van der Waals surface area contributed by atoms with E-state index in [4.69, 9.17) is 0 Å². The van der Waals surface area contributed by atoms with Gasteiger partial charge in [0, 0.05) is 13.2 Å². The predicted molar refractivity (Wildman–Crippen MR) is 65.4 cm³/mol. The lowest BCUT2D eigenvalue weighted by atomic mass is 10.0. The average molecular weight is 424 g/mol. The van der Waals surface area contributed by atoms with Crippen LogP contribution in [0.5, 0.6) is 0 Å². The van der Waals surface area contributed by atoms with Crippen LogP contribution in [0.25, 0.3) is 0 Å². The molecule has 0 amide bonds. The molecule has 0 N–H and O–H groups in total. The zero-order valence-electron chi connectivity index (χ0n) is 13.3. The molecule has 4 nitrogen and oxygen atoms in total. The smallest absolute Gasteiger partial charge is 0.376 e. The molecule has 0 saturated carbocycles. The van der Waals surface area contributed by atoms with Crippen molar-refractivity contribution in [3.05, 3.63) is 0 Å². The fourth-order valence-electron chi connectivity index (χ4n) is 1.97. The van der Waals surface area contributed by atoms with Gasteiger partial charge in [-0.1, -0.05) is 0 Å². The first-order valence-electron chi connectivity index (χ1n) is 7.56. The molecule has 0 bridgehead atoms. The third kappa shape index (κ3) is 3.85. The molecule has 2 fully saturated rings. The molecule has 160 valence electrons. The monoisotopic (exact) mass is 424 g/mol. The van der Waals surface area contributed by atoms with Gasteiger partial charge in [0.15, 0.2) is 0 Å². The Hall–Kier alpha value is -0.860. The first-order chi connectivity index (χ1) is 12.2. The van der Waals surface area contributed by atoms with Crippen molar-refractivity contribution in [3.8, 4) is 0 Å². The van der Waals surface area contributed by atoms with E-state index in [1.165, 1.54) is 0 Å². The van der Waals surface area contributed by atoms with Crippen molar-refractivity contribution in [2.45, 2.75) is 55.0 Å². The topological polar surface area (TPSA) is 36.9 Å². The highest BCUT2D eigenvalue weighted by atomic mass is 19.4. The Morgan fingerprint density at radius 3 is 1.11 bits per heavy atom. The summed E-state index contributed by atoms with van der Waals surface area (Å²) in [5.74, 6) is -21.2. The summed E-state index contributed by atoms with van der Waals surface area (Å²) in [6.07, 6.45) is -14.5. The van der Waals surface area contributed by atoms with Crippen molar-refractivity contribution in [2.24, 2.45) is 0 Å². The molecule has 2 saturated heterocycles. The van der Waals surface area contributed by atoms with Gasteiger partial charge < -0.3 is 18.9 Å². The predicted octanol–water partition coefficient (Wildman–Crippen LogP) is 3.69. The highest BCUT2D eigenvalue weighted by molar-refractivity contribution is 5.04. The molecule has 2 heterocycles. The average Bonchev–Trinajstić information content (AvgIpc) is 2.42. The van der Waals surface area contributed by atoms with E-state index in [1.807, 2.05) is 0 Å². The molecule has 0 aromatic carbocycles. The van der Waals surface area contributed by atoms with Crippen LogP contribution in [0.2, 0.25) is 0 Å². The highest BCUT2D eigenvalue weighted by Crippen LogP contribution is 2.57. The summed E-state index contributed by atoms with van der Waals surface area (Å²) in [7, 11) is 0. The number of rotatable bonds is 10. The quantitative estimate of drug-likeness (QED) is 0.502. The van der Waals surface area contributed by atoms with Crippen LogP contribution in [0.1, 0.15) is 12.8 Å². The summed E-state index contributed by atoms with van der Waals surface area (Å²) < 4.78 is 150. The van der Waals surface area contributed by atoms with Crippen molar-refractivity contribution in [3.63, 3.8) is 0 Å². The lowest BCUT2D eigenvalue weighted by molar-refractivity contribution is -0.473. The molecule has 0 radical (unpaired) electrons. The lowest BCUT2D eigenvalue weighted by Crippen LogP contribution is -2.68. The van der Waals surface area contributed by atoms with Gasteiger partial charge in [-0.2, -0.15) is 43.9 Å². The van der Waals surface area contributed by atoms with Crippen LogP contribution in [-0.4, -0.2) is 68.6 Å². The van der Waals surface area contributed by atoms with Crippen LogP contribution in [0, 0.1) is 0 Å². The van der Waals surface area contributed by atoms with Crippen LogP contribution in [0.3, 0.4) is 0 Å². The number of ether oxygens (including phenoxy) is 4. The van der Waals surface area contributed by atoms with Crippen molar-refractivity contribution in [1.29, 1.82) is 0 Å². The second-order valence-electron chi connectivity index (χ2n) is 5.94. The highest BCUT2D eigenvalue weighted by Gasteiger charge is 2.88. The summed E-state index contributed by atoms with van der Waals surface area (Å²) in [4.78, 5) is 0. The minimum Gasteiger partial charge on any atom is -0.376 e. The van der Waals surface area contributed by atoms with Gasteiger partial charge in [-0.05, 0) is 12.8 Å². The van der Waals surface area contributed by atoms with Crippen molar-refractivity contribution in [1.82, 2.24) is 0 Å². The Kier molecular flexibility index (Phi) is 5.97. The van der Waals surface area contributed by atoms with Crippen LogP contribution < -0.4 is 0 Å². The fourth-order valence-corrected chi connectivity index (χ4v) is 1.97. The molecule has 2 unspecified atom stereocenters. The molecule has 0 aromatic heterocycles. The first-order valence-corrected chi connectivity index (χ1v) is 7.56. The Balaban J connectivity index is 2.14. The third-order valence-electron chi connectivity index (χ3n) is 4.01. The Morgan fingerprint density at radius 2 is 0.889 bits per heavy atom. The van der Waals surface area contributed by atoms with Gasteiger partial charge >= 0.3 is 30.0 Å². The number of hydrogen-bond acceptors (Lipinski definition) is 4. The number of hydrogen-bond donors (Lipinski definition) is 0. The summed E-state index contributed by atoms with van der Waals surface area (Å²) in [6.45, 7) is -2.51. The van der Waals surface area contributed by atoms with Gasteiger partial charge in [-0.25, -0.2) is 0 Å². The summed E-state index contributed by atoms with van der Waals surface area (Å²) >= 11 is 0. The van der Waals surface area contributed by atoms with E-state index in [0.29, 0.717) is 0 Å². The fraction of sp³-hybridized carbons (Fsp3) is 1.00. The van der Waals surface area contributed by atoms with Gasteiger partial charge in [0.25, 0.3) is 0 Å². The first kappa shape index (κ1) is 22.4. The van der Waals surface area contributed by atoms with Gasteiger partial charge in [-0.15, -0.1) is 0 Å². The molecule has 2 aliphatic heterocycles. The molecule has 27 heavy (non-hydrogen) atoms. The summed E-state index contributed by atoms with van der Waals surface area (Å²) in [6, 6.07) is 0. The molecular weight excluding hydrogens is 410 g/mol. The van der Waals surface area contributed by atoms with E-state index in [9.17, 15) is 43.9 Å². The van der Waals surface area contributed by atoms with E-state index in [0.717, 1.165) is 0 Å². The van der Waals surface area contributed by atoms with E-state index in [1.54, 1.807) is 0 Å². The second kappa shape index (κ2) is 7.19. The summed E-state index contributed by atoms with van der Waals surface area (Å²) in [5, 5.41) is 0. The van der Waals surface area contributed by atoms with Crippen molar-refractivity contribution in [2.75, 3.05) is 26.4 Å². The second-order valence-corrected chi connectivity index (χ2v) is 5.94.